The van der Waals surface area contributed by atoms with E-state index in [-0.39, 0.29) is 30.1 Å². The molecule has 0 aromatic heterocycles. The molecule has 5 heteroatoms. The van der Waals surface area contributed by atoms with Gasteiger partial charge in [0.25, 0.3) is 5.91 Å². The predicted molar refractivity (Wildman–Crippen MR) is 89.5 cm³/mol. The van der Waals surface area contributed by atoms with E-state index in [1.54, 1.807) is 12.1 Å². The van der Waals surface area contributed by atoms with E-state index in [2.05, 4.69) is 5.32 Å². The van der Waals surface area contributed by atoms with Crippen LogP contribution in [0.25, 0.3) is 0 Å². The van der Waals surface area contributed by atoms with Crippen LogP contribution in [0.4, 0.5) is 4.39 Å². The molecular formula is C19H23FN2O2. The van der Waals surface area contributed by atoms with Crippen LogP contribution in [0.15, 0.2) is 35.4 Å². The minimum atomic E-state index is -0.278. The van der Waals surface area contributed by atoms with Crippen molar-refractivity contribution in [1.29, 1.82) is 0 Å². The Bertz CT molecular complexity index is 666. The summed E-state index contributed by atoms with van der Waals surface area (Å²) in [6.45, 7) is 2.90. The average Bonchev–Trinajstić information content (AvgIpc) is 2.83. The third kappa shape index (κ3) is 3.35. The van der Waals surface area contributed by atoms with E-state index < -0.39 is 0 Å². The topological polar surface area (TPSA) is 49.4 Å². The number of nitrogens with one attached hydrogen (secondary N) is 1. The van der Waals surface area contributed by atoms with Gasteiger partial charge in [0, 0.05) is 18.7 Å². The van der Waals surface area contributed by atoms with Crippen molar-refractivity contribution in [2.75, 3.05) is 6.54 Å². The summed E-state index contributed by atoms with van der Waals surface area (Å²) < 4.78 is 13.1. The second-order valence-electron chi connectivity index (χ2n) is 6.46. The van der Waals surface area contributed by atoms with Gasteiger partial charge in [-0.15, -0.1) is 0 Å². The van der Waals surface area contributed by atoms with E-state index in [0.717, 1.165) is 36.8 Å². The third-order valence-corrected chi connectivity index (χ3v) is 4.84. The average molecular weight is 330 g/mol. The smallest absolute Gasteiger partial charge is 0.251 e. The fraction of sp³-hybridized carbons (Fsp3) is 0.474. The number of nitrogens with zero attached hydrogens (tertiary/aromatic N) is 1. The summed E-state index contributed by atoms with van der Waals surface area (Å²) in [7, 11) is 0. The maximum atomic E-state index is 13.1. The first kappa shape index (κ1) is 16.7. The first-order chi connectivity index (χ1) is 11.6. The molecule has 24 heavy (non-hydrogen) atoms. The second kappa shape index (κ2) is 7.16. The number of carbonyl (C=O) groups is 2. The molecule has 1 aliphatic carbocycles. The fourth-order valence-electron chi connectivity index (χ4n) is 3.72. The van der Waals surface area contributed by atoms with Crippen LogP contribution in [-0.4, -0.2) is 29.3 Å². The lowest BCUT2D eigenvalue weighted by atomic mass is 9.88. The van der Waals surface area contributed by atoms with Gasteiger partial charge in [0.05, 0.1) is 12.5 Å². The summed E-state index contributed by atoms with van der Waals surface area (Å²) in [5.41, 5.74) is 2.72. The van der Waals surface area contributed by atoms with Crippen LogP contribution in [0, 0.1) is 5.82 Å². The van der Waals surface area contributed by atoms with Crippen molar-refractivity contribution in [3.8, 4) is 0 Å². The molecule has 0 radical (unpaired) electrons. The van der Waals surface area contributed by atoms with Gasteiger partial charge in [0.1, 0.15) is 5.82 Å². The number of fused-ring (bicyclic) bond motifs is 1. The largest absolute Gasteiger partial charge is 0.356 e. The van der Waals surface area contributed by atoms with E-state index in [1.165, 1.54) is 12.1 Å². The summed E-state index contributed by atoms with van der Waals surface area (Å²) in [4.78, 5) is 26.7. The normalized spacial score (nSPS) is 20.3. The SMILES string of the molecule is CCNC(=O)CC1=C2CCCCC2N(Cc2ccc(F)cc2)C1=O. The molecule has 1 saturated carbocycles. The lowest BCUT2D eigenvalue weighted by Gasteiger charge is -2.30. The van der Waals surface area contributed by atoms with Crippen LogP contribution in [-0.2, 0) is 16.1 Å². The molecule has 1 aromatic rings. The number of hydrogen-bond donors (Lipinski definition) is 1. The minimum absolute atomic E-state index is 0.0347. The second-order valence-corrected chi connectivity index (χ2v) is 6.46. The van der Waals surface area contributed by atoms with Crippen molar-refractivity contribution < 1.29 is 14.0 Å². The zero-order chi connectivity index (χ0) is 17.1. The van der Waals surface area contributed by atoms with Gasteiger partial charge in [-0.2, -0.15) is 0 Å². The number of hydrogen-bond acceptors (Lipinski definition) is 2. The molecule has 0 spiro atoms. The summed E-state index contributed by atoms with van der Waals surface area (Å²) in [6, 6.07) is 6.36. The molecule has 1 fully saturated rings. The first-order valence-electron chi connectivity index (χ1n) is 8.64. The highest BCUT2D eigenvalue weighted by atomic mass is 19.1. The van der Waals surface area contributed by atoms with Crippen LogP contribution >= 0.6 is 0 Å². The standard InChI is InChI=1S/C19H23FN2O2/c1-2-21-18(23)11-16-15-5-3-4-6-17(15)22(19(16)24)12-13-7-9-14(20)10-8-13/h7-10,17H,2-6,11-12H2,1H3,(H,21,23). The molecule has 0 bridgehead atoms. The van der Waals surface area contributed by atoms with Crippen molar-refractivity contribution >= 4 is 11.8 Å². The molecule has 1 aliphatic heterocycles. The molecule has 2 aliphatic rings. The maximum Gasteiger partial charge on any atom is 0.251 e. The number of carbonyl (C=O) groups excluding carboxylic acids is 2. The van der Waals surface area contributed by atoms with Crippen molar-refractivity contribution in [2.24, 2.45) is 0 Å². The Morgan fingerprint density at radius 3 is 2.75 bits per heavy atom. The van der Waals surface area contributed by atoms with Crippen molar-refractivity contribution in [3.05, 3.63) is 46.8 Å². The number of rotatable bonds is 5. The quantitative estimate of drug-likeness (QED) is 0.902. The molecule has 128 valence electrons. The van der Waals surface area contributed by atoms with E-state index in [9.17, 15) is 14.0 Å². The van der Waals surface area contributed by atoms with Crippen LogP contribution in [0.1, 0.15) is 44.6 Å². The molecule has 1 unspecified atom stereocenters. The van der Waals surface area contributed by atoms with Crippen LogP contribution in [0.5, 0.6) is 0 Å². The van der Waals surface area contributed by atoms with Crippen molar-refractivity contribution in [3.63, 3.8) is 0 Å². The summed E-state index contributed by atoms with van der Waals surface area (Å²) in [6.07, 6.45) is 4.17. The Balaban J connectivity index is 1.81. The number of halogens is 1. The molecule has 1 atom stereocenters. The first-order valence-corrected chi connectivity index (χ1v) is 8.64. The van der Waals surface area contributed by atoms with E-state index in [4.69, 9.17) is 0 Å². The van der Waals surface area contributed by atoms with E-state index in [1.807, 2.05) is 11.8 Å². The monoisotopic (exact) mass is 330 g/mol. The molecule has 2 amide bonds. The predicted octanol–water partition coefficient (Wildman–Crippen LogP) is 2.93. The van der Waals surface area contributed by atoms with Crippen LogP contribution in [0.3, 0.4) is 0 Å². The van der Waals surface area contributed by atoms with Crippen LogP contribution < -0.4 is 5.32 Å². The summed E-state index contributed by atoms with van der Waals surface area (Å²) in [5.74, 6) is -0.409. The Kier molecular flexibility index (Phi) is 4.97. The Morgan fingerprint density at radius 1 is 1.29 bits per heavy atom. The van der Waals surface area contributed by atoms with Gasteiger partial charge >= 0.3 is 0 Å². The van der Waals surface area contributed by atoms with Gasteiger partial charge < -0.3 is 10.2 Å². The van der Waals surface area contributed by atoms with E-state index >= 15 is 0 Å². The molecule has 1 heterocycles. The highest BCUT2D eigenvalue weighted by molar-refractivity contribution is 6.02. The van der Waals surface area contributed by atoms with Crippen molar-refractivity contribution in [2.45, 2.75) is 51.6 Å². The molecule has 1 aromatic carbocycles. The Morgan fingerprint density at radius 2 is 2.04 bits per heavy atom. The van der Waals surface area contributed by atoms with Gasteiger partial charge in [-0.25, -0.2) is 4.39 Å². The van der Waals surface area contributed by atoms with E-state index in [0.29, 0.717) is 18.7 Å². The van der Waals surface area contributed by atoms with Gasteiger partial charge in [0.2, 0.25) is 5.91 Å². The van der Waals surface area contributed by atoms with Gasteiger partial charge in [-0.1, -0.05) is 18.6 Å². The lowest BCUT2D eigenvalue weighted by Crippen LogP contribution is -2.36. The zero-order valence-corrected chi connectivity index (χ0v) is 14.0. The Labute approximate surface area is 141 Å². The minimum Gasteiger partial charge on any atom is -0.356 e. The van der Waals surface area contributed by atoms with Gasteiger partial charge in [-0.3, -0.25) is 9.59 Å². The summed E-state index contributed by atoms with van der Waals surface area (Å²) in [5, 5.41) is 2.77. The molecular weight excluding hydrogens is 307 g/mol. The highest BCUT2D eigenvalue weighted by Crippen LogP contribution is 2.38. The number of amides is 2. The van der Waals surface area contributed by atoms with Gasteiger partial charge in [0.15, 0.2) is 0 Å². The van der Waals surface area contributed by atoms with Gasteiger partial charge in [-0.05, 0) is 49.5 Å². The maximum absolute atomic E-state index is 13.1. The molecule has 4 nitrogen and oxygen atoms in total. The summed E-state index contributed by atoms with van der Waals surface area (Å²) >= 11 is 0. The van der Waals surface area contributed by atoms with Crippen LogP contribution in [0.2, 0.25) is 0 Å². The van der Waals surface area contributed by atoms with Crippen molar-refractivity contribution in [1.82, 2.24) is 10.2 Å². The molecule has 3 rings (SSSR count). The molecule has 1 N–H and O–H groups in total. The Hall–Kier alpha value is -2.17. The molecule has 0 saturated heterocycles. The fourth-order valence-corrected chi connectivity index (χ4v) is 3.72. The number of benzene rings is 1. The third-order valence-electron chi connectivity index (χ3n) is 4.84. The zero-order valence-electron chi connectivity index (χ0n) is 14.0. The lowest BCUT2D eigenvalue weighted by molar-refractivity contribution is -0.129. The highest BCUT2D eigenvalue weighted by Gasteiger charge is 2.40.